The van der Waals surface area contributed by atoms with Crippen LogP contribution >= 0.6 is 11.6 Å². The van der Waals surface area contributed by atoms with Crippen LogP contribution in [0.4, 0.5) is 14.6 Å². The van der Waals surface area contributed by atoms with E-state index in [-0.39, 0.29) is 10.7 Å². The third-order valence-corrected chi connectivity index (χ3v) is 2.25. The number of hydrogen-bond acceptors (Lipinski definition) is 3. The van der Waals surface area contributed by atoms with E-state index in [2.05, 4.69) is 10.3 Å². The molecule has 1 N–H and O–H groups in total. The molecule has 7 heteroatoms. The van der Waals surface area contributed by atoms with Crippen molar-refractivity contribution in [3.63, 3.8) is 0 Å². The molecule has 17 heavy (non-hydrogen) atoms. The van der Waals surface area contributed by atoms with Crippen LogP contribution in [0.15, 0.2) is 12.1 Å². The number of carbonyl (C=O) groups is 1. The van der Waals surface area contributed by atoms with Gasteiger partial charge in [0.25, 0.3) is 12.3 Å². The van der Waals surface area contributed by atoms with E-state index in [1.54, 1.807) is 7.05 Å². The van der Waals surface area contributed by atoms with Crippen molar-refractivity contribution < 1.29 is 13.6 Å². The smallest absolute Gasteiger partial charge is 0.255 e. The number of rotatable bonds is 4. The summed E-state index contributed by atoms with van der Waals surface area (Å²) >= 11 is 5.71. The molecular formula is C10H12ClF2N3O. The first kappa shape index (κ1) is 13.6. The summed E-state index contributed by atoms with van der Waals surface area (Å²) in [5.41, 5.74) is 0.220. The van der Waals surface area contributed by atoms with Crippen molar-refractivity contribution in [1.29, 1.82) is 0 Å². The zero-order chi connectivity index (χ0) is 13.0. The molecule has 0 spiro atoms. The molecule has 0 saturated heterocycles. The van der Waals surface area contributed by atoms with Gasteiger partial charge in [0.2, 0.25) is 0 Å². The highest BCUT2D eigenvalue weighted by atomic mass is 35.5. The van der Waals surface area contributed by atoms with Crippen molar-refractivity contribution >= 4 is 23.3 Å². The Morgan fingerprint density at radius 2 is 2.24 bits per heavy atom. The van der Waals surface area contributed by atoms with Gasteiger partial charge < -0.3 is 10.2 Å². The Hall–Kier alpha value is -1.43. The van der Waals surface area contributed by atoms with Crippen LogP contribution in [0.5, 0.6) is 0 Å². The lowest BCUT2D eigenvalue weighted by Gasteiger charge is -2.16. The quantitative estimate of drug-likeness (QED) is 0.847. The summed E-state index contributed by atoms with van der Waals surface area (Å²) in [6, 6.07) is 2.79. The number of aromatic nitrogens is 1. The molecule has 0 saturated carbocycles. The third kappa shape index (κ3) is 3.81. The van der Waals surface area contributed by atoms with E-state index in [9.17, 15) is 13.6 Å². The first-order valence-corrected chi connectivity index (χ1v) is 5.20. The van der Waals surface area contributed by atoms with Crippen LogP contribution in [0.25, 0.3) is 0 Å². The zero-order valence-corrected chi connectivity index (χ0v) is 10.1. The summed E-state index contributed by atoms with van der Waals surface area (Å²) in [6.45, 7) is -0.617. The van der Waals surface area contributed by atoms with Crippen LogP contribution in [-0.4, -0.2) is 42.9 Å². The second-order valence-corrected chi connectivity index (χ2v) is 3.78. The molecule has 0 bridgehead atoms. The average molecular weight is 264 g/mol. The maximum Gasteiger partial charge on any atom is 0.255 e. The molecule has 1 rings (SSSR count). The van der Waals surface area contributed by atoms with Crippen molar-refractivity contribution in [2.75, 3.05) is 26.0 Å². The fourth-order valence-corrected chi connectivity index (χ4v) is 1.47. The molecule has 1 amide bonds. The summed E-state index contributed by atoms with van der Waals surface area (Å²) in [7, 11) is 2.93. The topological polar surface area (TPSA) is 45.2 Å². The van der Waals surface area contributed by atoms with Gasteiger partial charge in [-0.25, -0.2) is 13.8 Å². The highest BCUT2D eigenvalue weighted by molar-refractivity contribution is 6.29. The first-order valence-electron chi connectivity index (χ1n) is 4.83. The van der Waals surface area contributed by atoms with Crippen molar-refractivity contribution in [3.8, 4) is 0 Å². The molecule has 4 nitrogen and oxygen atoms in total. The predicted molar refractivity (Wildman–Crippen MR) is 61.8 cm³/mol. The van der Waals surface area contributed by atoms with Gasteiger partial charge >= 0.3 is 0 Å². The molecule has 0 unspecified atom stereocenters. The molecule has 0 fully saturated rings. The summed E-state index contributed by atoms with van der Waals surface area (Å²) in [5.74, 6) is -0.114. The van der Waals surface area contributed by atoms with Crippen LogP contribution in [0, 0.1) is 0 Å². The van der Waals surface area contributed by atoms with Gasteiger partial charge in [0, 0.05) is 19.7 Å². The Morgan fingerprint density at radius 1 is 1.59 bits per heavy atom. The van der Waals surface area contributed by atoms with Crippen molar-refractivity contribution in [2.24, 2.45) is 0 Å². The molecule has 94 valence electrons. The normalized spacial score (nSPS) is 10.5. The van der Waals surface area contributed by atoms with Crippen molar-refractivity contribution in [1.82, 2.24) is 9.88 Å². The van der Waals surface area contributed by atoms with Crippen LogP contribution in [-0.2, 0) is 0 Å². The van der Waals surface area contributed by atoms with E-state index in [0.29, 0.717) is 5.82 Å². The maximum absolute atomic E-state index is 12.1. The van der Waals surface area contributed by atoms with E-state index in [0.717, 1.165) is 4.90 Å². The van der Waals surface area contributed by atoms with Gasteiger partial charge in [0.1, 0.15) is 11.0 Å². The number of hydrogen-bond donors (Lipinski definition) is 1. The highest BCUT2D eigenvalue weighted by Crippen LogP contribution is 2.15. The molecule has 0 aromatic carbocycles. The van der Waals surface area contributed by atoms with Crippen LogP contribution in [0.3, 0.4) is 0 Å². The number of carbonyl (C=O) groups excluding carboxylic acids is 1. The lowest BCUT2D eigenvalue weighted by Crippen LogP contribution is -2.31. The van der Waals surface area contributed by atoms with Crippen LogP contribution in [0.2, 0.25) is 5.15 Å². The molecule has 0 aliphatic carbocycles. The Bertz CT molecular complexity index is 415. The largest absolute Gasteiger partial charge is 0.373 e. The number of pyridine rings is 1. The third-order valence-electron chi connectivity index (χ3n) is 2.06. The van der Waals surface area contributed by atoms with E-state index >= 15 is 0 Å². The molecule has 0 atom stereocenters. The SMILES string of the molecule is CNc1cc(C(=O)N(C)CC(F)F)cc(Cl)n1. The van der Waals surface area contributed by atoms with Gasteiger partial charge in [0.05, 0.1) is 6.54 Å². The second kappa shape index (κ2) is 5.77. The molecule has 0 radical (unpaired) electrons. The highest BCUT2D eigenvalue weighted by Gasteiger charge is 2.17. The Kier molecular flexibility index (Phi) is 4.62. The van der Waals surface area contributed by atoms with E-state index in [1.807, 2.05) is 0 Å². The number of alkyl halides is 2. The summed E-state index contributed by atoms with van der Waals surface area (Å²) in [6.07, 6.45) is -2.56. The summed E-state index contributed by atoms with van der Waals surface area (Å²) in [5, 5.41) is 2.86. The lowest BCUT2D eigenvalue weighted by molar-refractivity contribution is 0.0620. The van der Waals surface area contributed by atoms with Crippen molar-refractivity contribution in [3.05, 3.63) is 22.8 Å². The van der Waals surface area contributed by atoms with Crippen molar-refractivity contribution in [2.45, 2.75) is 6.43 Å². The molecule has 1 aromatic rings. The maximum atomic E-state index is 12.1. The minimum Gasteiger partial charge on any atom is -0.373 e. The standard InChI is InChI=1S/C10H12ClF2N3O/c1-14-9-4-6(3-7(11)15-9)10(17)16(2)5-8(12)13/h3-4,8H,5H2,1-2H3,(H,14,15). The van der Waals surface area contributed by atoms with Gasteiger partial charge in [-0.05, 0) is 12.1 Å². The van der Waals surface area contributed by atoms with Crippen LogP contribution < -0.4 is 5.32 Å². The number of anilines is 1. The molecule has 0 aliphatic heterocycles. The monoisotopic (exact) mass is 263 g/mol. The van der Waals surface area contributed by atoms with Gasteiger partial charge in [-0.2, -0.15) is 0 Å². The van der Waals surface area contributed by atoms with Crippen LogP contribution in [0.1, 0.15) is 10.4 Å². The fourth-order valence-electron chi connectivity index (χ4n) is 1.26. The Labute approximate surface area is 103 Å². The lowest BCUT2D eigenvalue weighted by atomic mass is 10.2. The van der Waals surface area contributed by atoms with Gasteiger partial charge in [0.15, 0.2) is 0 Å². The number of nitrogens with one attached hydrogen (secondary N) is 1. The number of amides is 1. The van der Waals surface area contributed by atoms with Gasteiger partial charge in [-0.1, -0.05) is 11.6 Å². The second-order valence-electron chi connectivity index (χ2n) is 3.39. The fraction of sp³-hybridized carbons (Fsp3) is 0.400. The molecule has 1 heterocycles. The number of halogens is 3. The minimum absolute atomic E-state index is 0.130. The van der Waals surface area contributed by atoms with E-state index in [4.69, 9.17) is 11.6 Å². The molecular weight excluding hydrogens is 252 g/mol. The molecule has 0 aliphatic rings. The first-order chi connectivity index (χ1) is 7.93. The van der Waals surface area contributed by atoms with Gasteiger partial charge in [-0.3, -0.25) is 4.79 Å². The molecule has 1 aromatic heterocycles. The summed E-state index contributed by atoms with van der Waals surface area (Å²) < 4.78 is 24.3. The Balaban J connectivity index is 2.91. The van der Waals surface area contributed by atoms with Gasteiger partial charge in [-0.15, -0.1) is 0 Å². The Morgan fingerprint density at radius 3 is 2.76 bits per heavy atom. The number of nitrogens with zero attached hydrogens (tertiary/aromatic N) is 2. The minimum atomic E-state index is -2.56. The zero-order valence-electron chi connectivity index (χ0n) is 9.38. The van der Waals surface area contributed by atoms with E-state index in [1.165, 1.54) is 19.2 Å². The van der Waals surface area contributed by atoms with E-state index < -0.39 is 18.9 Å². The average Bonchev–Trinajstić information content (AvgIpc) is 2.26. The summed E-state index contributed by atoms with van der Waals surface area (Å²) in [4.78, 5) is 16.6. The predicted octanol–water partition coefficient (Wildman–Crippen LogP) is 2.11.